The highest BCUT2D eigenvalue weighted by Crippen LogP contribution is 2.17. The van der Waals surface area contributed by atoms with Gasteiger partial charge in [-0.15, -0.1) is 0 Å². The summed E-state index contributed by atoms with van der Waals surface area (Å²) in [5, 5.41) is 10.0. The number of hydrogen-bond acceptors (Lipinski definition) is 4. The van der Waals surface area contributed by atoms with E-state index in [2.05, 4.69) is 9.89 Å². The number of guanidine groups is 1. The van der Waals surface area contributed by atoms with Gasteiger partial charge in [-0.2, -0.15) is 0 Å². The number of aliphatic hydroxyl groups excluding tert-OH is 1. The van der Waals surface area contributed by atoms with Crippen molar-refractivity contribution < 1.29 is 18.6 Å². The van der Waals surface area contributed by atoms with E-state index in [0.29, 0.717) is 24.8 Å². The molecule has 0 amide bonds. The summed E-state index contributed by atoms with van der Waals surface area (Å²) in [4.78, 5) is 8.36. The number of hydrogen-bond donors (Lipinski definition) is 2. The minimum Gasteiger partial charge on any atom is -0.491 e. The molecule has 1 aliphatic heterocycles. The van der Waals surface area contributed by atoms with E-state index in [0.717, 1.165) is 18.8 Å². The summed E-state index contributed by atoms with van der Waals surface area (Å²) in [6.07, 6.45) is -0.816. The van der Waals surface area contributed by atoms with Gasteiger partial charge in [-0.3, -0.25) is 4.99 Å². The van der Waals surface area contributed by atoms with Gasteiger partial charge in [-0.1, -0.05) is 0 Å². The molecular formula is C20H24F2N4O2. The number of ether oxygens (including phenoxy) is 1. The summed E-state index contributed by atoms with van der Waals surface area (Å²) >= 11 is 0. The molecule has 0 radical (unpaired) electrons. The number of nitrogens with two attached hydrogens (primary N) is 1. The summed E-state index contributed by atoms with van der Waals surface area (Å²) < 4.78 is 31.3. The zero-order valence-corrected chi connectivity index (χ0v) is 15.5. The zero-order chi connectivity index (χ0) is 19.9. The highest BCUT2D eigenvalue weighted by Gasteiger charge is 2.19. The molecule has 1 aliphatic rings. The first-order valence-corrected chi connectivity index (χ1v) is 9.13. The largest absolute Gasteiger partial charge is 0.491 e. The van der Waals surface area contributed by atoms with Gasteiger partial charge >= 0.3 is 0 Å². The molecule has 2 aromatic rings. The van der Waals surface area contributed by atoms with E-state index in [1.807, 2.05) is 4.90 Å². The van der Waals surface area contributed by atoms with Crippen LogP contribution in [-0.4, -0.2) is 61.4 Å². The fourth-order valence-electron chi connectivity index (χ4n) is 2.92. The molecule has 28 heavy (non-hydrogen) atoms. The Bertz CT molecular complexity index is 776. The van der Waals surface area contributed by atoms with Gasteiger partial charge in [0.2, 0.25) is 0 Å². The van der Waals surface area contributed by atoms with Crippen LogP contribution in [0.15, 0.2) is 53.5 Å². The SMILES string of the molecule is NC(=NCC(O)COc1ccc(F)cc1)N1CCN(c2ccc(F)cc2)CC1. The lowest BCUT2D eigenvalue weighted by Crippen LogP contribution is -2.51. The van der Waals surface area contributed by atoms with Crippen molar-refractivity contribution in [3.63, 3.8) is 0 Å². The highest BCUT2D eigenvalue weighted by atomic mass is 19.1. The number of halogens is 2. The normalized spacial score (nSPS) is 16.2. The molecule has 6 nitrogen and oxygen atoms in total. The molecule has 8 heteroatoms. The van der Waals surface area contributed by atoms with Crippen LogP contribution >= 0.6 is 0 Å². The molecule has 1 fully saturated rings. The molecule has 1 unspecified atom stereocenters. The molecule has 0 bridgehead atoms. The van der Waals surface area contributed by atoms with Gasteiger partial charge in [0, 0.05) is 31.9 Å². The topological polar surface area (TPSA) is 74.3 Å². The lowest BCUT2D eigenvalue weighted by atomic mass is 10.2. The van der Waals surface area contributed by atoms with Gasteiger partial charge < -0.3 is 25.4 Å². The average molecular weight is 390 g/mol. The Kier molecular flexibility index (Phi) is 6.65. The number of aliphatic hydroxyl groups is 1. The lowest BCUT2D eigenvalue weighted by molar-refractivity contribution is 0.114. The summed E-state index contributed by atoms with van der Waals surface area (Å²) in [5.74, 6) is 0.263. The quantitative estimate of drug-likeness (QED) is 0.582. The van der Waals surface area contributed by atoms with Crippen molar-refractivity contribution in [1.82, 2.24) is 4.90 Å². The van der Waals surface area contributed by atoms with E-state index in [-0.39, 0.29) is 24.8 Å². The first kappa shape index (κ1) is 19.9. The predicted molar refractivity (Wildman–Crippen MR) is 105 cm³/mol. The minimum absolute atomic E-state index is 0.0424. The van der Waals surface area contributed by atoms with Gasteiger partial charge in [0.1, 0.15) is 30.1 Å². The third kappa shape index (κ3) is 5.56. The molecule has 0 aliphatic carbocycles. The van der Waals surface area contributed by atoms with Gasteiger partial charge in [-0.05, 0) is 48.5 Å². The zero-order valence-electron chi connectivity index (χ0n) is 15.5. The van der Waals surface area contributed by atoms with Crippen molar-refractivity contribution in [2.45, 2.75) is 6.10 Å². The first-order valence-electron chi connectivity index (χ1n) is 9.13. The summed E-state index contributed by atoms with van der Waals surface area (Å²) in [6.45, 7) is 3.03. The van der Waals surface area contributed by atoms with Crippen molar-refractivity contribution >= 4 is 11.6 Å². The van der Waals surface area contributed by atoms with Crippen molar-refractivity contribution in [3.05, 3.63) is 60.2 Å². The molecule has 2 aromatic carbocycles. The maximum Gasteiger partial charge on any atom is 0.191 e. The second-order valence-electron chi connectivity index (χ2n) is 6.57. The van der Waals surface area contributed by atoms with Crippen LogP contribution in [-0.2, 0) is 0 Å². The number of anilines is 1. The summed E-state index contributed by atoms with van der Waals surface area (Å²) in [7, 11) is 0. The molecule has 3 N–H and O–H groups in total. The smallest absolute Gasteiger partial charge is 0.191 e. The Morgan fingerprint density at radius 2 is 1.57 bits per heavy atom. The van der Waals surface area contributed by atoms with Crippen molar-refractivity contribution in [2.75, 3.05) is 44.2 Å². The average Bonchev–Trinajstić information content (AvgIpc) is 2.72. The molecule has 3 rings (SSSR count). The van der Waals surface area contributed by atoms with Crippen LogP contribution in [0.4, 0.5) is 14.5 Å². The van der Waals surface area contributed by atoms with E-state index in [9.17, 15) is 13.9 Å². The minimum atomic E-state index is -0.816. The van der Waals surface area contributed by atoms with Crippen molar-refractivity contribution in [1.29, 1.82) is 0 Å². The van der Waals surface area contributed by atoms with Crippen LogP contribution in [0.3, 0.4) is 0 Å². The molecule has 0 aromatic heterocycles. The van der Waals surface area contributed by atoms with Crippen LogP contribution in [0.2, 0.25) is 0 Å². The van der Waals surface area contributed by atoms with Crippen LogP contribution < -0.4 is 15.4 Å². The Morgan fingerprint density at radius 1 is 1.00 bits per heavy atom. The van der Waals surface area contributed by atoms with Gasteiger partial charge in [-0.25, -0.2) is 8.78 Å². The van der Waals surface area contributed by atoms with E-state index in [4.69, 9.17) is 10.5 Å². The molecule has 0 spiro atoms. The first-order chi connectivity index (χ1) is 13.5. The number of nitrogens with zero attached hydrogens (tertiary/aromatic N) is 3. The van der Waals surface area contributed by atoms with E-state index in [1.54, 1.807) is 12.1 Å². The molecule has 150 valence electrons. The standard InChI is InChI=1S/C20H24F2N4O2/c21-15-1-5-17(6-2-15)25-9-11-26(12-10-25)20(23)24-13-18(27)14-28-19-7-3-16(22)4-8-19/h1-8,18,27H,9-14H2,(H2,23,24). The molecule has 1 heterocycles. The Balaban J connectivity index is 1.42. The fourth-order valence-corrected chi connectivity index (χ4v) is 2.92. The van der Waals surface area contributed by atoms with Crippen LogP contribution in [0.25, 0.3) is 0 Å². The van der Waals surface area contributed by atoms with E-state index >= 15 is 0 Å². The van der Waals surface area contributed by atoms with Crippen molar-refractivity contribution in [3.8, 4) is 5.75 Å². The van der Waals surface area contributed by atoms with E-state index < -0.39 is 6.10 Å². The van der Waals surface area contributed by atoms with Crippen LogP contribution in [0, 0.1) is 11.6 Å². The molecular weight excluding hydrogens is 366 g/mol. The van der Waals surface area contributed by atoms with E-state index in [1.165, 1.54) is 36.4 Å². The highest BCUT2D eigenvalue weighted by molar-refractivity contribution is 5.78. The Morgan fingerprint density at radius 3 is 2.18 bits per heavy atom. The number of benzene rings is 2. The molecule has 0 saturated carbocycles. The Hall–Kier alpha value is -2.87. The molecule has 1 saturated heterocycles. The monoisotopic (exact) mass is 390 g/mol. The number of piperazine rings is 1. The van der Waals surface area contributed by atoms with Gasteiger partial charge in [0.05, 0.1) is 6.54 Å². The second kappa shape index (κ2) is 9.36. The number of aliphatic imine (C=N–C) groups is 1. The van der Waals surface area contributed by atoms with Gasteiger partial charge in [0.25, 0.3) is 0 Å². The third-order valence-electron chi connectivity index (χ3n) is 4.52. The summed E-state index contributed by atoms with van der Waals surface area (Å²) in [5.41, 5.74) is 7.02. The number of rotatable bonds is 6. The van der Waals surface area contributed by atoms with Crippen LogP contribution in [0.1, 0.15) is 0 Å². The molecule has 1 atom stereocenters. The lowest BCUT2D eigenvalue weighted by Gasteiger charge is -2.36. The summed E-state index contributed by atoms with van der Waals surface area (Å²) in [6, 6.07) is 12.0. The third-order valence-corrected chi connectivity index (χ3v) is 4.52. The van der Waals surface area contributed by atoms with Crippen LogP contribution in [0.5, 0.6) is 5.75 Å². The van der Waals surface area contributed by atoms with Crippen molar-refractivity contribution in [2.24, 2.45) is 10.7 Å². The maximum absolute atomic E-state index is 13.0. The fraction of sp³-hybridized carbons (Fsp3) is 0.350. The van der Waals surface area contributed by atoms with Gasteiger partial charge in [0.15, 0.2) is 5.96 Å². The maximum atomic E-state index is 13.0. The predicted octanol–water partition coefficient (Wildman–Crippen LogP) is 1.84. The second-order valence-corrected chi connectivity index (χ2v) is 6.57. The Labute approximate surface area is 162 Å².